The first kappa shape index (κ1) is 14.3. The lowest BCUT2D eigenvalue weighted by Crippen LogP contribution is -2.10. The first-order valence-electron chi connectivity index (χ1n) is 7.46. The molecule has 2 aromatic carbocycles. The maximum Gasteiger partial charge on any atom is 0.231 e. The van der Waals surface area contributed by atoms with Crippen LogP contribution in [-0.2, 0) is 16.0 Å². The van der Waals surface area contributed by atoms with E-state index in [1.165, 1.54) is 0 Å². The van der Waals surface area contributed by atoms with Crippen molar-refractivity contribution < 1.29 is 9.59 Å². The Morgan fingerprint density at radius 2 is 1.64 bits per heavy atom. The number of carbonyl (C=O) groups is 2. The van der Waals surface area contributed by atoms with Crippen LogP contribution in [0.2, 0.25) is 0 Å². The molecule has 2 aromatic rings. The maximum absolute atomic E-state index is 11.4. The van der Waals surface area contributed by atoms with Crippen molar-refractivity contribution in [2.24, 2.45) is 0 Å². The Kier molecular flexibility index (Phi) is 3.92. The molecule has 22 heavy (non-hydrogen) atoms. The zero-order chi connectivity index (χ0) is 15.5. The fourth-order valence-electron chi connectivity index (χ4n) is 2.84. The number of rotatable bonds is 1. The molecule has 4 nitrogen and oxygen atoms in total. The normalized spacial score (nSPS) is 17.8. The largest absolute Gasteiger partial charge is 0.326 e. The summed E-state index contributed by atoms with van der Waals surface area (Å²) in [6.07, 6.45) is 1.42. The highest BCUT2D eigenvalue weighted by Crippen LogP contribution is 2.33. The van der Waals surface area contributed by atoms with E-state index in [4.69, 9.17) is 0 Å². The molecular weight excluding hydrogens is 276 g/mol. The molecule has 112 valence electrons. The van der Waals surface area contributed by atoms with Crippen molar-refractivity contribution in [1.29, 1.82) is 0 Å². The van der Waals surface area contributed by atoms with Crippen LogP contribution in [0.15, 0.2) is 48.5 Å². The fraction of sp³-hybridized carbons (Fsp3) is 0.222. The number of hydrogen-bond acceptors (Lipinski definition) is 2. The molecule has 0 saturated carbocycles. The lowest BCUT2D eigenvalue weighted by atomic mass is 9.98. The lowest BCUT2D eigenvalue weighted by molar-refractivity contribution is -0.117. The highest BCUT2D eigenvalue weighted by atomic mass is 16.2. The van der Waals surface area contributed by atoms with Crippen molar-refractivity contribution in [3.63, 3.8) is 0 Å². The predicted molar refractivity (Wildman–Crippen MR) is 86.9 cm³/mol. The van der Waals surface area contributed by atoms with Gasteiger partial charge in [0.05, 0.1) is 12.3 Å². The Morgan fingerprint density at radius 3 is 2.36 bits per heavy atom. The van der Waals surface area contributed by atoms with E-state index in [0.717, 1.165) is 28.9 Å². The second-order valence-corrected chi connectivity index (χ2v) is 5.42. The minimum Gasteiger partial charge on any atom is -0.326 e. The average molecular weight is 294 g/mol. The SMILES string of the molecule is CCC1C(=O)Nc2ccccc21.O=C1Cc2ccccc2N1. The Morgan fingerprint density at radius 1 is 0.955 bits per heavy atom. The standard InChI is InChI=1S/C10H11NO.C8H7NO/c1-2-7-8-5-3-4-6-9(8)11-10(7)12;10-8-5-6-3-1-2-4-7(6)9-8/h3-7H,2H2,1H3,(H,11,12);1-4H,5H2,(H,9,10). The van der Waals surface area contributed by atoms with Gasteiger partial charge in [-0.1, -0.05) is 43.3 Å². The van der Waals surface area contributed by atoms with Crippen molar-refractivity contribution in [3.05, 3.63) is 59.7 Å². The fourth-order valence-corrected chi connectivity index (χ4v) is 2.84. The monoisotopic (exact) mass is 294 g/mol. The Hall–Kier alpha value is -2.62. The molecule has 0 bridgehead atoms. The maximum atomic E-state index is 11.4. The molecule has 2 N–H and O–H groups in total. The number of carbonyl (C=O) groups excluding carboxylic acids is 2. The average Bonchev–Trinajstić information content (AvgIpc) is 3.05. The molecule has 2 amide bonds. The summed E-state index contributed by atoms with van der Waals surface area (Å²) >= 11 is 0. The molecule has 1 atom stereocenters. The highest BCUT2D eigenvalue weighted by Gasteiger charge is 2.27. The summed E-state index contributed by atoms with van der Waals surface area (Å²) in [5.74, 6) is 0.307. The van der Waals surface area contributed by atoms with Crippen LogP contribution in [0.25, 0.3) is 0 Å². The van der Waals surface area contributed by atoms with Crippen molar-refractivity contribution >= 4 is 23.2 Å². The molecule has 4 rings (SSSR count). The number of hydrogen-bond donors (Lipinski definition) is 2. The Balaban J connectivity index is 0.000000133. The molecule has 2 aliphatic rings. The summed E-state index contributed by atoms with van der Waals surface area (Å²) in [5, 5.41) is 5.62. The summed E-state index contributed by atoms with van der Waals surface area (Å²) in [6, 6.07) is 15.6. The van der Waals surface area contributed by atoms with E-state index < -0.39 is 0 Å². The van der Waals surface area contributed by atoms with Gasteiger partial charge in [-0.25, -0.2) is 0 Å². The van der Waals surface area contributed by atoms with E-state index in [0.29, 0.717) is 6.42 Å². The van der Waals surface area contributed by atoms with Gasteiger partial charge in [0.25, 0.3) is 0 Å². The number of nitrogens with one attached hydrogen (secondary N) is 2. The highest BCUT2D eigenvalue weighted by molar-refractivity contribution is 6.02. The predicted octanol–water partition coefficient (Wildman–Crippen LogP) is 3.31. The Labute approximate surface area is 129 Å². The topological polar surface area (TPSA) is 58.2 Å². The summed E-state index contributed by atoms with van der Waals surface area (Å²) in [4.78, 5) is 22.1. The number of amides is 2. The minimum atomic E-state index is 0.0706. The van der Waals surface area contributed by atoms with E-state index in [1.54, 1.807) is 0 Å². The molecule has 0 radical (unpaired) electrons. The van der Waals surface area contributed by atoms with E-state index in [9.17, 15) is 9.59 Å². The summed E-state index contributed by atoms with van der Waals surface area (Å²) < 4.78 is 0. The summed E-state index contributed by atoms with van der Waals surface area (Å²) in [5.41, 5.74) is 4.19. The van der Waals surface area contributed by atoms with E-state index in [-0.39, 0.29) is 17.7 Å². The Bertz CT molecular complexity index is 698. The zero-order valence-electron chi connectivity index (χ0n) is 12.4. The summed E-state index contributed by atoms with van der Waals surface area (Å²) in [7, 11) is 0. The quantitative estimate of drug-likeness (QED) is 0.847. The van der Waals surface area contributed by atoms with Crippen LogP contribution in [-0.4, -0.2) is 11.8 Å². The van der Waals surface area contributed by atoms with Gasteiger partial charge in [-0.05, 0) is 29.7 Å². The lowest BCUT2D eigenvalue weighted by Gasteiger charge is -2.02. The van der Waals surface area contributed by atoms with Gasteiger partial charge in [-0.2, -0.15) is 0 Å². The third-order valence-electron chi connectivity index (χ3n) is 3.96. The first-order valence-corrected chi connectivity index (χ1v) is 7.46. The second-order valence-electron chi connectivity index (χ2n) is 5.42. The molecule has 2 aliphatic heterocycles. The number of anilines is 2. The van der Waals surface area contributed by atoms with Crippen LogP contribution in [0.1, 0.15) is 30.4 Å². The molecule has 0 spiro atoms. The van der Waals surface area contributed by atoms with Gasteiger partial charge >= 0.3 is 0 Å². The van der Waals surface area contributed by atoms with Crippen LogP contribution in [0.5, 0.6) is 0 Å². The number of benzene rings is 2. The molecule has 2 heterocycles. The molecule has 1 unspecified atom stereocenters. The molecule has 4 heteroatoms. The third kappa shape index (κ3) is 2.72. The number of para-hydroxylation sites is 2. The molecule has 0 fully saturated rings. The number of fused-ring (bicyclic) bond motifs is 2. The first-order chi connectivity index (χ1) is 10.7. The second kappa shape index (κ2) is 6.02. The van der Waals surface area contributed by atoms with Gasteiger partial charge in [0.1, 0.15) is 0 Å². The summed E-state index contributed by atoms with van der Waals surface area (Å²) in [6.45, 7) is 2.03. The van der Waals surface area contributed by atoms with Crippen molar-refractivity contribution in [3.8, 4) is 0 Å². The van der Waals surface area contributed by atoms with Gasteiger partial charge in [-0.15, -0.1) is 0 Å². The van der Waals surface area contributed by atoms with Crippen LogP contribution >= 0.6 is 0 Å². The minimum absolute atomic E-state index is 0.0706. The van der Waals surface area contributed by atoms with Gasteiger partial charge in [-0.3, -0.25) is 9.59 Å². The van der Waals surface area contributed by atoms with Crippen molar-refractivity contribution in [2.45, 2.75) is 25.7 Å². The smallest absolute Gasteiger partial charge is 0.231 e. The molecular formula is C18H18N2O2. The van der Waals surface area contributed by atoms with E-state index >= 15 is 0 Å². The van der Waals surface area contributed by atoms with Gasteiger partial charge in [0.2, 0.25) is 11.8 Å². The van der Waals surface area contributed by atoms with Crippen molar-refractivity contribution in [1.82, 2.24) is 0 Å². The van der Waals surface area contributed by atoms with Crippen LogP contribution in [0.4, 0.5) is 11.4 Å². The molecule has 0 aliphatic carbocycles. The van der Waals surface area contributed by atoms with Crippen molar-refractivity contribution in [2.75, 3.05) is 10.6 Å². The van der Waals surface area contributed by atoms with Crippen LogP contribution in [0, 0.1) is 0 Å². The van der Waals surface area contributed by atoms with Gasteiger partial charge in [0, 0.05) is 11.4 Å². The molecule has 0 aromatic heterocycles. The van der Waals surface area contributed by atoms with Crippen LogP contribution < -0.4 is 10.6 Å². The van der Waals surface area contributed by atoms with E-state index in [1.807, 2.05) is 55.5 Å². The van der Waals surface area contributed by atoms with Gasteiger partial charge in [0.15, 0.2) is 0 Å². The van der Waals surface area contributed by atoms with Gasteiger partial charge < -0.3 is 10.6 Å². The third-order valence-corrected chi connectivity index (χ3v) is 3.96. The van der Waals surface area contributed by atoms with E-state index in [2.05, 4.69) is 10.6 Å². The molecule has 0 saturated heterocycles. The zero-order valence-corrected chi connectivity index (χ0v) is 12.4. The van der Waals surface area contributed by atoms with Crippen LogP contribution in [0.3, 0.4) is 0 Å².